The van der Waals surface area contributed by atoms with Gasteiger partial charge in [0.1, 0.15) is 5.52 Å². The topological polar surface area (TPSA) is 104 Å². The first-order chi connectivity index (χ1) is 17.7. The Hall–Kier alpha value is -3.44. The number of aromatic nitrogens is 2. The Bertz CT molecular complexity index is 1720. The van der Waals surface area contributed by atoms with E-state index in [1.54, 1.807) is 59.3 Å². The second-order valence-corrected chi connectivity index (χ2v) is 11.4. The molecule has 0 saturated carbocycles. The lowest BCUT2D eigenvalue weighted by molar-refractivity contribution is 0.102. The van der Waals surface area contributed by atoms with Crippen LogP contribution >= 0.6 is 34.5 Å². The molecule has 188 valence electrons. The third-order valence-corrected chi connectivity index (χ3v) is 8.18. The Morgan fingerprint density at radius 3 is 2.51 bits per heavy atom. The molecule has 2 heterocycles. The molecule has 0 fully saturated rings. The van der Waals surface area contributed by atoms with E-state index < -0.39 is 15.8 Å². The standard InChI is InChI=1S/C25H17Cl2FN4O3S2/c26-20-8-1-14(11-21(20)27)13-37(34,35)32-17-4-2-15(3-5-17)18-6-7-19-23(22(18)28)30-31-24(19)29-25(33)16-9-10-36-12-16/h1-12,32H,13H2,(H2,29,30,31,33). The Balaban J connectivity index is 1.33. The van der Waals surface area contributed by atoms with Crippen LogP contribution in [0.1, 0.15) is 15.9 Å². The van der Waals surface area contributed by atoms with E-state index in [2.05, 4.69) is 20.2 Å². The predicted molar refractivity (Wildman–Crippen MR) is 146 cm³/mol. The molecule has 0 saturated heterocycles. The molecule has 0 atom stereocenters. The zero-order chi connectivity index (χ0) is 26.2. The van der Waals surface area contributed by atoms with Crippen molar-refractivity contribution < 1.29 is 17.6 Å². The molecule has 0 aliphatic rings. The summed E-state index contributed by atoms with van der Waals surface area (Å²) < 4.78 is 43.0. The van der Waals surface area contributed by atoms with Crippen molar-refractivity contribution in [2.24, 2.45) is 0 Å². The van der Waals surface area contributed by atoms with Crippen LogP contribution in [0.2, 0.25) is 10.0 Å². The van der Waals surface area contributed by atoms with E-state index in [9.17, 15) is 13.2 Å². The molecule has 1 amide bonds. The predicted octanol–water partition coefficient (Wildman–Crippen LogP) is 6.93. The fraction of sp³-hybridized carbons (Fsp3) is 0.0400. The van der Waals surface area contributed by atoms with Gasteiger partial charge in [-0.1, -0.05) is 47.5 Å². The average Bonchev–Trinajstić information content (AvgIpc) is 3.53. The van der Waals surface area contributed by atoms with Gasteiger partial charge in [-0.2, -0.15) is 16.4 Å². The monoisotopic (exact) mass is 574 g/mol. The average molecular weight is 575 g/mol. The van der Waals surface area contributed by atoms with Crippen LogP contribution in [-0.4, -0.2) is 24.5 Å². The second-order valence-electron chi connectivity index (χ2n) is 8.07. The van der Waals surface area contributed by atoms with Crippen molar-refractivity contribution in [3.63, 3.8) is 0 Å². The summed E-state index contributed by atoms with van der Waals surface area (Å²) >= 11 is 13.3. The number of hydrogen-bond acceptors (Lipinski definition) is 5. The van der Waals surface area contributed by atoms with Crippen molar-refractivity contribution in [3.8, 4) is 11.1 Å². The van der Waals surface area contributed by atoms with Crippen molar-refractivity contribution in [1.29, 1.82) is 0 Å². The van der Waals surface area contributed by atoms with Gasteiger partial charge in [0.2, 0.25) is 10.0 Å². The summed E-state index contributed by atoms with van der Waals surface area (Å²) in [6, 6.07) is 15.9. The van der Waals surface area contributed by atoms with Gasteiger partial charge in [0, 0.05) is 22.0 Å². The van der Waals surface area contributed by atoms with Gasteiger partial charge in [-0.3, -0.25) is 14.6 Å². The lowest BCUT2D eigenvalue weighted by Crippen LogP contribution is -2.15. The first kappa shape index (κ1) is 25.2. The summed E-state index contributed by atoms with van der Waals surface area (Å²) in [7, 11) is -3.73. The number of anilines is 2. The molecule has 5 aromatic rings. The van der Waals surface area contributed by atoms with Crippen LogP contribution in [0.5, 0.6) is 0 Å². The molecule has 3 N–H and O–H groups in total. The number of halogens is 3. The number of carbonyl (C=O) groups is 1. The van der Waals surface area contributed by atoms with E-state index in [0.717, 1.165) is 0 Å². The number of amides is 1. The van der Waals surface area contributed by atoms with E-state index >= 15 is 4.39 Å². The van der Waals surface area contributed by atoms with Crippen molar-refractivity contribution >= 4 is 72.9 Å². The molecule has 5 rings (SSSR count). The summed E-state index contributed by atoms with van der Waals surface area (Å²) in [5, 5.41) is 13.9. The van der Waals surface area contributed by atoms with Gasteiger partial charge in [-0.25, -0.2) is 12.8 Å². The van der Waals surface area contributed by atoms with Gasteiger partial charge in [0.15, 0.2) is 11.6 Å². The SMILES string of the molecule is O=C(Nc1n[nH]c2c(F)c(-c3ccc(NS(=O)(=O)Cc4ccc(Cl)c(Cl)c4)cc3)ccc12)c1ccsc1. The quantitative estimate of drug-likeness (QED) is 0.196. The molecule has 2 aromatic heterocycles. The molecule has 0 aliphatic carbocycles. The highest BCUT2D eigenvalue weighted by Gasteiger charge is 2.18. The number of benzene rings is 3. The largest absolute Gasteiger partial charge is 0.305 e. The van der Waals surface area contributed by atoms with E-state index in [0.29, 0.717) is 32.8 Å². The molecule has 37 heavy (non-hydrogen) atoms. The Morgan fingerprint density at radius 1 is 1.03 bits per heavy atom. The number of nitrogens with one attached hydrogen (secondary N) is 3. The third-order valence-electron chi connectivity index (χ3n) is 5.50. The zero-order valence-electron chi connectivity index (χ0n) is 18.8. The maximum atomic E-state index is 15.3. The van der Waals surface area contributed by atoms with Gasteiger partial charge < -0.3 is 5.32 Å². The Morgan fingerprint density at radius 2 is 1.81 bits per heavy atom. The van der Waals surface area contributed by atoms with Crippen molar-refractivity contribution in [2.45, 2.75) is 5.75 Å². The lowest BCUT2D eigenvalue weighted by Gasteiger charge is -2.10. The Labute approximate surface area is 225 Å². The summed E-state index contributed by atoms with van der Waals surface area (Å²) in [5.41, 5.74) is 2.27. The molecule has 0 aliphatic heterocycles. The minimum absolute atomic E-state index is 0.143. The fourth-order valence-electron chi connectivity index (χ4n) is 3.73. The number of nitrogens with zero attached hydrogens (tertiary/aromatic N) is 1. The van der Waals surface area contributed by atoms with Crippen LogP contribution in [0, 0.1) is 5.82 Å². The van der Waals surface area contributed by atoms with Gasteiger partial charge >= 0.3 is 0 Å². The molecule has 7 nitrogen and oxygen atoms in total. The molecular formula is C25H17Cl2FN4O3S2. The maximum absolute atomic E-state index is 15.3. The van der Waals surface area contributed by atoms with E-state index in [4.69, 9.17) is 23.2 Å². The summed E-state index contributed by atoms with van der Waals surface area (Å²) in [5.74, 6) is -0.948. The number of hydrogen-bond donors (Lipinski definition) is 3. The highest BCUT2D eigenvalue weighted by Crippen LogP contribution is 2.32. The Kier molecular flexibility index (Phi) is 6.91. The van der Waals surface area contributed by atoms with Crippen LogP contribution < -0.4 is 10.0 Å². The zero-order valence-corrected chi connectivity index (χ0v) is 21.9. The number of fused-ring (bicyclic) bond motifs is 1. The number of H-pyrrole nitrogens is 1. The van der Waals surface area contributed by atoms with E-state index in [-0.39, 0.29) is 33.6 Å². The van der Waals surface area contributed by atoms with E-state index in [1.807, 2.05) is 0 Å². The molecule has 0 unspecified atom stereocenters. The van der Waals surface area contributed by atoms with Gasteiger partial charge in [-0.05, 0) is 52.9 Å². The van der Waals surface area contributed by atoms with Gasteiger partial charge in [0.05, 0.1) is 21.4 Å². The van der Waals surface area contributed by atoms with Crippen LogP contribution in [0.25, 0.3) is 22.0 Å². The van der Waals surface area contributed by atoms with Gasteiger partial charge in [-0.15, -0.1) is 0 Å². The molecule has 0 bridgehead atoms. The summed E-state index contributed by atoms with van der Waals surface area (Å²) in [6.07, 6.45) is 0. The smallest absolute Gasteiger partial charge is 0.257 e. The molecule has 3 aromatic carbocycles. The van der Waals surface area contributed by atoms with Crippen molar-refractivity contribution in [1.82, 2.24) is 10.2 Å². The summed E-state index contributed by atoms with van der Waals surface area (Å²) in [4.78, 5) is 12.3. The van der Waals surface area contributed by atoms with Crippen LogP contribution in [-0.2, 0) is 15.8 Å². The first-order valence-electron chi connectivity index (χ1n) is 10.8. The molecular weight excluding hydrogens is 558 g/mol. The van der Waals surface area contributed by atoms with Gasteiger partial charge in [0.25, 0.3) is 5.91 Å². The third kappa shape index (κ3) is 5.47. The second kappa shape index (κ2) is 10.1. The number of sulfonamides is 1. The fourth-order valence-corrected chi connectivity index (χ4v) is 5.87. The number of rotatable bonds is 7. The van der Waals surface area contributed by atoms with Crippen molar-refractivity contribution in [3.05, 3.63) is 98.4 Å². The number of aromatic amines is 1. The maximum Gasteiger partial charge on any atom is 0.257 e. The lowest BCUT2D eigenvalue weighted by atomic mass is 10.0. The highest BCUT2D eigenvalue weighted by atomic mass is 35.5. The normalized spacial score (nSPS) is 11.5. The molecule has 0 spiro atoms. The summed E-state index contributed by atoms with van der Waals surface area (Å²) in [6.45, 7) is 0. The van der Waals surface area contributed by atoms with Crippen LogP contribution in [0.4, 0.5) is 15.9 Å². The highest BCUT2D eigenvalue weighted by molar-refractivity contribution is 7.91. The molecule has 0 radical (unpaired) electrons. The number of carbonyl (C=O) groups excluding carboxylic acids is 1. The van der Waals surface area contributed by atoms with Crippen LogP contribution in [0.15, 0.2) is 71.4 Å². The van der Waals surface area contributed by atoms with E-state index in [1.165, 1.54) is 23.5 Å². The van der Waals surface area contributed by atoms with Crippen molar-refractivity contribution in [2.75, 3.05) is 10.0 Å². The molecule has 12 heteroatoms. The first-order valence-corrected chi connectivity index (χ1v) is 14.1. The number of thiophene rings is 1. The minimum atomic E-state index is -3.73. The van der Waals surface area contributed by atoms with Crippen LogP contribution in [0.3, 0.4) is 0 Å². The minimum Gasteiger partial charge on any atom is -0.305 e.